The second kappa shape index (κ2) is 5.29. The summed E-state index contributed by atoms with van der Waals surface area (Å²) in [6.07, 6.45) is 0.802. The molecule has 0 unspecified atom stereocenters. The maximum atomic E-state index is 12.0. The Morgan fingerprint density at radius 1 is 1.21 bits per heavy atom. The highest BCUT2D eigenvalue weighted by Crippen LogP contribution is 2.15. The number of aryl methyl sites for hydroxylation is 2. The van der Waals surface area contributed by atoms with Crippen molar-refractivity contribution in [3.63, 3.8) is 0 Å². The van der Waals surface area contributed by atoms with Crippen molar-refractivity contribution in [2.75, 3.05) is 11.9 Å². The predicted molar refractivity (Wildman–Crippen MR) is 74.7 cm³/mol. The smallest absolute Gasteiger partial charge is 0.330 e. The minimum atomic E-state index is -0.400. The van der Waals surface area contributed by atoms with Crippen LogP contribution in [0.15, 0.2) is 9.59 Å². The van der Waals surface area contributed by atoms with Crippen molar-refractivity contribution in [2.24, 2.45) is 0 Å². The Bertz CT molecular complexity index is 694. The topological polar surface area (TPSA) is 84.7 Å². The van der Waals surface area contributed by atoms with Gasteiger partial charge >= 0.3 is 5.69 Å². The van der Waals surface area contributed by atoms with E-state index in [9.17, 15) is 9.59 Å². The van der Waals surface area contributed by atoms with Gasteiger partial charge in [0.1, 0.15) is 0 Å². The summed E-state index contributed by atoms with van der Waals surface area (Å²) in [4.78, 5) is 30.6. The lowest BCUT2D eigenvalue weighted by molar-refractivity contribution is 0.651. The zero-order valence-electron chi connectivity index (χ0n) is 11.5. The highest BCUT2D eigenvalue weighted by atomic mass is 16.2. The maximum absolute atomic E-state index is 12.0. The van der Waals surface area contributed by atoms with Gasteiger partial charge in [0.15, 0.2) is 11.2 Å². The molecule has 2 aromatic heterocycles. The number of anilines is 1. The molecule has 0 saturated heterocycles. The molecular weight excluding hydrogens is 246 g/mol. The number of hydrogen-bond acceptors (Lipinski definition) is 4. The maximum Gasteiger partial charge on any atom is 0.330 e. The number of nitrogens with zero attached hydrogens (tertiary/aromatic N) is 3. The number of aromatic amines is 1. The fraction of sp³-hybridized carbons (Fsp3) is 0.583. The summed E-state index contributed by atoms with van der Waals surface area (Å²) in [5.74, 6) is 0.626. The minimum Gasteiger partial charge on any atom is -0.356 e. The van der Waals surface area contributed by atoms with Gasteiger partial charge < -0.3 is 9.88 Å². The normalized spacial score (nSPS) is 11.1. The second-order valence-corrected chi connectivity index (χ2v) is 4.29. The molecular formula is C12H19N5O2. The van der Waals surface area contributed by atoms with Gasteiger partial charge in [-0.2, -0.15) is 4.98 Å². The first kappa shape index (κ1) is 13.4. The SMILES string of the molecule is CCCn1c(=O)[nH]c(=O)c2c1nc(NCC)n2CC. The van der Waals surface area contributed by atoms with E-state index in [2.05, 4.69) is 15.3 Å². The van der Waals surface area contributed by atoms with Gasteiger partial charge in [-0.3, -0.25) is 14.3 Å². The Hall–Kier alpha value is -2.05. The van der Waals surface area contributed by atoms with E-state index < -0.39 is 5.69 Å². The largest absolute Gasteiger partial charge is 0.356 e. The Labute approximate surface area is 110 Å². The Morgan fingerprint density at radius 3 is 2.53 bits per heavy atom. The number of aromatic nitrogens is 4. The fourth-order valence-electron chi connectivity index (χ4n) is 2.20. The van der Waals surface area contributed by atoms with E-state index in [-0.39, 0.29) is 5.56 Å². The molecule has 0 amide bonds. The molecule has 0 aliphatic rings. The summed E-state index contributed by atoms with van der Waals surface area (Å²) in [6, 6.07) is 0. The van der Waals surface area contributed by atoms with Gasteiger partial charge in [0.2, 0.25) is 5.95 Å². The zero-order valence-corrected chi connectivity index (χ0v) is 11.5. The molecule has 0 aromatic carbocycles. The van der Waals surface area contributed by atoms with Crippen molar-refractivity contribution in [1.82, 2.24) is 19.1 Å². The van der Waals surface area contributed by atoms with Crippen molar-refractivity contribution in [3.8, 4) is 0 Å². The molecule has 2 heterocycles. The van der Waals surface area contributed by atoms with Gasteiger partial charge in [-0.25, -0.2) is 4.79 Å². The molecule has 0 atom stereocenters. The van der Waals surface area contributed by atoms with E-state index in [1.807, 2.05) is 20.8 Å². The molecule has 0 radical (unpaired) electrons. The molecule has 19 heavy (non-hydrogen) atoms. The van der Waals surface area contributed by atoms with Crippen LogP contribution in [-0.2, 0) is 13.1 Å². The molecule has 104 valence electrons. The van der Waals surface area contributed by atoms with Crippen LogP contribution in [0.1, 0.15) is 27.2 Å². The van der Waals surface area contributed by atoms with E-state index >= 15 is 0 Å². The van der Waals surface area contributed by atoms with Crippen molar-refractivity contribution in [1.29, 1.82) is 0 Å². The van der Waals surface area contributed by atoms with E-state index in [1.165, 1.54) is 4.57 Å². The van der Waals surface area contributed by atoms with Crippen molar-refractivity contribution < 1.29 is 0 Å². The van der Waals surface area contributed by atoms with Crippen LogP contribution in [0.25, 0.3) is 11.2 Å². The molecule has 2 N–H and O–H groups in total. The standard InChI is InChI=1S/C12H19N5O2/c1-4-7-17-9-8(10(18)15-12(17)19)16(6-3)11(14-9)13-5-2/h4-7H2,1-3H3,(H,13,14)(H,15,18,19). The molecule has 7 heteroatoms. The number of nitrogens with one attached hydrogen (secondary N) is 2. The van der Waals surface area contributed by atoms with Gasteiger partial charge in [0.25, 0.3) is 5.56 Å². The van der Waals surface area contributed by atoms with Gasteiger partial charge in [-0.1, -0.05) is 6.92 Å². The number of H-pyrrole nitrogens is 1. The number of imidazole rings is 1. The summed E-state index contributed by atoms with van der Waals surface area (Å²) in [5.41, 5.74) is 0.119. The van der Waals surface area contributed by atoms with Crippen molar-refractivity contribution in [3.05, 3.63) is 20.8 Å². The molecule has 0 fully saturated rings. The monoisotopic (exact) mass is 265 g/mol. The third-order valence-corrected chi connectivity index (χ3v) is 2.98. The molecule has 0 aliphatic carbocycles. The second-order valence-electron chi connectivity index (χ2n) is 4.29. The Morgan fingerprint density at radius 2 is 1.95 bits per heavy atom. The first-order valence-electron chi connectivity index (χ1n) is 6.61. The molecule has 0 saturated carbocycles. The fourth-order valence-corrected chi connectivity index (χ4v) is 2.20. The van der Waals surface area contributed by atoms with Gasteiger partial charge in [0, 0.05) is 19.6 Å². The first-order valence-corrected chi connectivity index (χ1v) is 6.61. The molecule has 0 spiro atoms. The quantitative estimate of drug-likeness (QED) is 0.835. The van der Waals surface area contributed by atoms with Gasteiger partial charge in [-0.15, -0.1) is 0 Å². The number of rotatable bonds is 5. The average molecular weight is 265 g/mol. The average Bonchev–Trinajstić information content (AvgIpc) is 2.73. The summed E-state index contributed by atoms with van der Waals surface area (Å²) in [5, 5.41) is 3.12. The lowest BCUT2D eigenvalue weighted by Gasteiger charge is -2.06. The number of hydrogen-bond donors (Lipinski definition) is 2. The van der Waals surface area contributed by atoms with Crippen LogP contribution in [0.5, 0.6) is 0 Å². The highest BCUT2D eigenvalue weighted by molar-refractivity contribution is 5.74. The summed E-state index contributed by atoms with van der Waals surface area (Å²) < 4.78 is 3.31. The molecule has 0 aliphatic heterocycles. The van der Waals surface area contributed by atoms with Crippen LogP contribution in [0.3, 0.4) is 0 Å². The van der Waals surface area contributed by atoms with E-state index in [4.69, 9.17) is 0 Å². The molecule has 0 bridgehead atoms. The Kier molecular flexibility index (Phi) is 3.73. The van der Waals surface area contributed by atoms with Crippen molar-refractivity contribution in [2.45, 2.75) is 40.3 Å². The Balaban J connectivity index is 2.84. The van der Waals surface area contributed by atoms with Crippen LogP contribution in [-0.4, -0.2) is 25.6 Å². The number of fused-ring (bicyclic) bond motifs is 1. The predicted octanol–water partition coefficient (Wildman–Crippen LogP) is 0.748. The van der Waals surface area contributed by atoms with E-state index in [0.29, 0.717) is 36.7 Å². The van der Waals surface area contributed by atoms with Gasteiger partial charge in [-0.05, 0) is 20.3 Å². The van der Waals surface area contributed by atoms with E-state index in [0.717, 1.165) is 6.42 Å². The lowest BCUT2D eigenvalue weighted by Crippen LogP contribution is -2.31. The van der Waals surface area contributed by atoms with Crippen LogP contribution >= 0.6 is 0 Å². The third kappa shape index (κ3) is 2.16. The van der Waals surface area contributed by atoms with Gasteiger partial charge in [0.05, 0.1) is 0 Å². The summed E-state index contributed by atoms with van der Waals surface area (Å²) in [7, 11) is 0. The summed E-state index contributed by atoms with van der Waals surface area (Å²) >= 11 is 0. The first-order chi connectivity index (χ1) is 9.13. The summed E-state index contributed by atoms with van der Waals surface area (Å²) in [6.45, 7) is 7.74. The van der Waals surface area contributed by atoms with Crippen LogP contribution in [0.4, 0.5) is 5.95 Å². The zero-order chi connectivity index (χ0) is 14.0. The minimum absolute atomic E-state index is 0.383. The molecule has 2 aromatic rings. The lowest BCUT2D eigenvalue weighted by atomic mass is 10.4. The van der Waals surface area contributed by atoms with E-state index in [1.54, 1.807) is 4.57 Å². The highest BCUT2D eigenvalue weighted by Gasteiger charge is 2.16. The van der Waals surface area contributed by atoms with Crippen molar-refractivity contribution >= 4 is 17.1 Å². The van der Waals surface area contributed by atoms with Crippen LogP contribution < -0.4 is 16.6 Å². The molecule has 2 rings (SSSR count). The molecule has 7 nitrogen and oxygen atoms in total. The van der Waals surface area contributed by atoms with Crippen LogP contribution in [0, 0.1) is 0 Å². The third-order valence-electron chi connectivity index (χ3n) is 2.98. The van der Waals surface area contributed by atoms with Crippen LogP contribution in [0.2, 0.25) is 0 Å².